The molecule has 4 heteroatoms. The van der Waals surface area contributed by atoms with Crippen LogP contribution < -0.4 is 0 Å². The highest BCUT2D eigenvalue weighted by Gasteiger charge is 2.08. The molecule has 0 bridgehead atoms. The van der Waals surface area contributed by atoms with Gasteiger partial charge in [0, 0.05) is 5.56 Å². The van der Waals surface area contributed by atoms with Gasteiger partial charge in [-0.2, -0.15) is 0 Å². The van der Waals surface area contributed by atoms with Gasteiger partial charge in [0.1, 0.15) is 11.4 Å². The molecule has 0 fully saturated rings. The fourth-order valence-corrected chi connectivity index (χ4v) is 1.78. The molecule has 0 spiro atoms. The summed E-state index contributed by atoms with van der Waals surface area (Å²) >= 11 is 0. The van der Waals surface area contributed by atoms with Crippen LogP contribution >= 0.6 is 0 Å². The smallest absolute Gasteiger partial charge is 0.125 e. The average molecular weight is 237 g/mol. The Kier molecular flexibility index (Phi) is 2.53. The molecule has 1 aromatic heterocycles. The first-order chi connectivity index (χ1) is 8.84. The third-order valence-electron chi connectivity index (χ3n) is 2.69. The number of nitrogens with zero attached hydrogens (tertiary/aromatic N) is 3. The largest absolute Gasteiger partial charge is 0.507 e. The van der Waals surface area contributed by atoms with E-state index in [9.17, 15) is 5.11 Å². The second-order valence-electron chi connectivity index (χ2n) is 3.90. The quantitative estimate of drug-likeness (QED) is 0.745. The van der Waals surface area contributed by atoms with Crippen LogP contribution in [0, 0.1) is 0 Å². The molecule has 0 saturated carbocycles. The molecule has 0 aliphatic heterocycles. The van der Waals surface area contributed by atoms with Gasteiger partial charge in [-0.15, -0.1) is 5.10 Å². The Morgan fingerprint density at radius 3 is 2.39 bits per heavy atom. The SMILES string of the molecule is Oc1ccccc1-c1cn(-c2ccccc2)nn1. The molecular weight excluding hydrogens is 226 g/mol. The molecule has 88 valence electrons. The molecule has 3 rings (SSSR count). The zero-order chi connectivity index (χ0) is 12.4. The van der Waals surface area contributed by atoms with Gasteiger partial charge in [-0.05, 0) is 24.3 Å². The Morgan fingerprint density at radius 1 is 0.889 bits per heavy atom. The minimum Gasteiger partial charge on any atom is -0.507 e. The standard InChI is InChI=1S/C14H11N3O/c18-14-9-5-4-8-12(14)13-10-17(16-15-13)11-6-2-1-3-7-11/h1-10,18H. The van der Waals surface area contributed by atoms with Crippen molar-refractivity contribution in [1.29, 1.82) is 0 Å². The predicted octanol–water partition coefficient (Wildman–Crippen LogP) is 2.64. The van der Waals surface area contributed by atoms with Gasteiger partial charge in [0.25, 0.3) is 0 Å². The summed E-state index contributed by atoms with van der Waals surface area (Å²) in [6, 6.07) is 16.8. The maximum Gasteiger partial charge on any atom is 0.125 e. The van der Waals surface area contributed by atoms with E-state index in [0.29, 0.717) is 11.3 Å². The summed E-state index contributed by atoms with van der Waals surface area (Å²) in [5.74, 6) is 0.206. The molecule has 0 saturated heterocycles. The van der Waals surface area contributed by atoms with Gasteiger partial charge in [0.2, 0.25) is 0 Å². The van der Waals surface area contributed by atoms with E-state index in [-0.39, 0.29) is 5.75 Å². The lowest BCUT2D eigenvalue weighted by atomic mass is 10.1. The molecule has 2 aromatic carbocycles. The highest BCUT2D eigenvalue weighted by Crippen LogP contribution is 2.26. The number of rotatable bonds is 2. The van der Waals surface area contributed by atoms with Gasteiger partial charge < -0.3 is 5.11 Å². The van der Waals surface area contributed by atoms with Crippen molar-refractivity contribution >= 4 is 0 Å². The number of aromatic hydroxyl groups is 1. The van der Waals surface area contributed by atoms with Crippen LogP contribution in [0.4, 0.5) is 0 Å². The number of para-hydroxylation sites is 2. The van der Waals surface area contributed by atoms with Gasteiger partial charge in [0.05, 0.1) is 11.9 Å². The second kappa shape index (κ2) is 4.33. The zero-order valence-electron chi connectivity index (χ0n) is 9.56. The summed E-state index contributed by atoms with van der Waals surface area (Å²) in [5.41, 5.74) is 2.27. The van der Waals surface area contributed by atoms with E-state index in [1.807, 2.05) is 42.5 Å². The van der Waals surface area contributed by atoms with Gasteiger partial charge in [0.15, 0.2) is 0 Å². The number of phenols is 1. The number of benzene rings is 2. The molecule has 0 unspecified atom stereocenters. The molecule has 0 atom stereocenters. The minimum atomic E-state index is 0.206. The van der Waals surface area contributed by atoms with Crippen LogP contribution in [0.25, 0.3) is 16.9 Å². The van der Waals surface area contributed by atoms with Crippen LogP contribution in [0.2, 0.25) is 0 Å². The first-order valence-corrected chi connectivity index (χ1v) is 5.61. The topological polar surface area (TPSA) is 50.9 Å². The molecule has 0 aliphatic rings. The summed E-state index contributed by atoms with van der Waals surface area (Å²) in [5, 5.41) is 17.9. The van der Waals surface area contributed by atoms with E-state index in [4.69, 9.17) is 0 Å². The highest BCUT2D eigenvalue weighted by atomic mass is 16.3. The third kappa shape index (κ3) is 1.84. The van der Waals surface area contributed by atoms with E-state index in [2.05, 4.69) is 10.3 Å². The Balaban J connectivity index is 2.03. The van der Waals surface area contributed by atoms with Crippen LogP contribution in [0.15, 0.2) is 60.8 Å². The number of hydrogen-bond acceptors (Lipinski definition) is 3. The Labute approximate surface area is 104 Å². The number of hydrogen-bond donors (Lipinski definition) is 1. The summed E-state index contributed by atoms with van der Waals surface area (Å²) in [6.45, 7) is 0. The van der Waals surface area contributed by atoms with E-state index < -0.39 is 0 Å². The lowest BCUT2D eigenvalue weighted by molar-refractivity contribution is 0.477. The molecule has 0 amide bonds. The first-order valence-electron chi connectivity index (χ1n) is 5.61. The van der Waals surface area contributed by atoms with E-state index >= 15 is 0 Å². The van der Waals surface area contributed by atoms with E-state index in [1.165, 1.54) is 0 Å². The molecular formula is C14H11N3O. The van der Waals surface area contributed by atoms with Crippen molar-refractivity contribution in [2.24, 2.45) is 0 Å². The maximum absolute atomic E-state index is 9.77. The fraction of sp³-hybridized carbons (Fsp3) is 0. The van der Waals surface area contributed by atoms with Crippen LogP contribution in [0.5, 0.6) is 5.75 Å². The van der Waals surface area contributed by atoms with Crippen molar-refractivity contribution in [3.05, 3.63) is 60.8 Å². The molecule has 4 nitrogen and oxygen atoms in total. The zero-order valence-corrected chi connectivity index (χ0v) is 9.56. The first kappa shape index (κ1) is 10.5. The summed E-state index contributed by atoms with van der Waals surface area (Å²) < 4.78 is 1.68. The van der Waals surface area contributed by atoms with Crippen LogP contribution in [-0.4, -0.2) is 20.1 Å². The number of phenolic OH excluding ortho intramolecular Hbond substituents is 1. The van der Waals surface area contributed by atoms with Crippen molar-refractivity contribution < 1.29 is 5.11 Å². The van der Waals surface area contributed by atoms with E-state index in [1.54, 1.807) is 23.0 Å². The van der Waals surface area contributed by atoms with Crippen LogP contribution in [0.1, 0.15) is 0 Å². The molecule has 0 radical (unpaired) electrons. The van der Waals surface area contributed by atoms with Crippen molar-refractivity contribution in [2.75, 3.05) is 0 Å². The number of aromatic nitrogens is 3. The molecule has 3 aromatic rings. The van der Waals surface area contributed by atoms with Crippen LogP contribution in [0.3, 0.4) is 0 Å². The third-order valence-corrected chi connectivity index (χ3v) is 2.69. The average Bonchev–Trinajstić information content (AvgIpc) is 2.90. The summed E-state index contributed by atoms with van der Waals surface area (Å²) in [6.07, 6.45) is 1.80. The molecule has 1 heterocycles. The lowest BCUT2D eigenvalue weighted by Gasteiger charge is -1.99. The Morgan fingerprint density at radius 2 is 1.61 bits per heavy atom. The van der Waals surface area contributed by atoms with E-state index in [0.717, 1.165) is 5.69 Å². The summed E-state index contributed by atoms with van der Waals surface area (Å²) in [7, 11) is 0. The Hall–Kier alpha value is -2.62. The van der Waals surface area contributed by atoms with Gasteiger partial charge in [-0.25, -0.2) is 4.68 Å². The maximum atomic E-state index is 9.77. The minimum absolute atomic E-state index is 0.206. The highest BCUT2D eigenvalue weighted by molar-refractivity contribution is 5.65. The van der Waals surface area contributed by atoms with Crippen molar-refractivity contribution in [2.45, 2.75) is 0 Å². The normalized spacial score (nSPS) is 10.4. The Bertz CT molecular complexity index is 662. The predicted molar refractivity (Wildman–Crippen MR) is 68.5 cm³/mol. The summed E-state index contributed by atoms with van der Waals surface area (Å²) in [4.78, 5) is 0. The van der Waals surface area contributed by atoms with Crippen molar-refractivity contribution in [1.82, 2.24) is 15.0 Å². The molecule has 1 N–H and O–H groups in total. The monoisotopic (exact) mass is 237 g/mol. The van der Waals surface area contributed by atoms with Gasteiger partial charge >= 0.3 is 0 Å². The van der Waals surface area contributed by atoms with Gasteiger partial charge in [-0.1, -0.05) is 35.5 Å². The second-order valence-corrected chi connectivity index (χ2v) is 3.90. The molecule has 18 heavy (non-hydrogen) atoms. The lowest BCUT2D eigenvalue weighted by Crippen LogP contribution is -1.93. The van der Waals surface area contributed by atoms with Crippen molar-refractivity contribution in [3.8, 4) is 22.7 Å². The van der Waals surface area contributed by atoms with Crippen molar-refractivity contribution in [3.63, 3.8) is 0 Å². The fourth-order valence-electron chi connectivity index (χ4n) is 1.78. The van der Waals surface area contributed by atoms with Gasteiger partial charge in [-0.3, -0.25) is 0 Å². The van der Waals surface area contributed by atoms with Crippen LogP contribution in [-0.2, 0) is 0 Å². The molecule has 0 aliphatic carbocycles.